The van der Waals surface area contributed by atoms with Gasteiger partial charge in [0, 0.05) is 24.8 Å². The van der Waals surface area contributed by atoms with Crippen LogP contribution in [0.4, 0.5) is 0 Å². The quantitative estimate of drug-likeness (QED) is 0.581. The van der Waals surface area contributed by atoms with Crippen LogP contribution in [-0.4, -0.2) is 37.3 Å². The zero-order valence-corrected chi connectivity index (χ0v) is 14.1. The van der Waals surface area contributed by atoms with E-state index >= 15 is 0 Å². The fourth-order valence-corrected chi connectivity index (χ4v) is 2.83. The van der Waals surface area contributed by atoms with Crippen molar-refractivity contribution in [3.8, 4) is 17.3 Å². The Morgan fingerprint density at radius 1 is 1.00 bits per heavy atom. The minimum atomic E-state index is -0.675. The molecule has 4 aromatic rings. The Hall–Kier alpha value is -3.25. The number of hydrogen-bond acceptors (Lipinski definition) is 5. The molecule has 1 unspecified atom stereocenters. The number of rotatable bonds is 6. The topological polar surface area (TPSA) is 73.1 Å². The van der Waals surface area contributed by atoms with Crippen molar-refractivity contribution in [2.24, 2.45) is 0 Å². The van der Waals surface area contributed by atoms with E-state index in [4.69, 9.17) is 4.74 Å². The molecule has 26 heavy (non-hydrogen) atoms. The number of aromatic nitrogens is 4. The second-order valence-corrected chi connectivity index (χ2v) is 5.97. The second-order valence-electron chi connectivity index (χ2n) is 5.97. The normalized spacial score (nSPS) is 12.2. The van der Waals surface area contributed by atoms with Crippen LogP contribution in [0, 0.1) is 0 Å². The SMILES string of the molecule is OC(COc1ccc2ccccc2c1)Cn1ccnc1-c1cnccn1. The molecule has 1 N–H and O–H groups in total. The van der Waals surface area contributed by atoms with Crippen molar-refractivity contribution in [2.75, 3.05) is 6.61 Å². The minimum absolute atomic E-state index is 0.191. The number of imidazole rings is 1. The van der Waals surface area contributed by atoms with Crippen LogP contribution in [0.5, 0.6) is 5.75 Å². The lowest BCUT2D eigenvalue weighted by Gasteiger charge is -2.15. The van der Waals surface area contributed by atoms with E-state index in [0.717, 1.165) is 16.5 Å². The van der Waals surface area contributed by atoms with Crippen LogP contribution in [0.15, 0.2) is 73.4 Å². The first-order chi connectivity index (χ1) is 12.8. The highest BCUT2D eigenvalue weighted by Crippen LogP contribution is 2.21. The Balaban J connectivity index is 1.41. The van der Waals surface area contributed by atoms with Gasteiger partial charge in [0.05, 0.1) is 12.7 Å². The standard InChI is InChI=1S/C20H18N4O2/c25-17(13-24-10-9-23-20(24)19-12-21-7-8-22-19)14-26-18-6-5-15-3-1-2-4-16(15)11-18/h1-12,17,25H,13-14H2. The second kappa shape index (κ2) is 7.33. The number of aliphatic hydroxyl groups excluding tert-OH is 1. The molecule has 0 saturated carbocycles. The van der Waals surface area contributed by atoms with Gasteiger partial charge >= 0.3 is 0 Å². The highest BCUT2D eigenvalue weighted by molar-refractivity contribution is 5.83. The molecule has 0 amide bonds. The summed E-state index contributed by atoms with van der Waals surface area (Å²) in [6.07, 6.45) is 7.70. The summed E-state index contributed by atoms with van der Waals surface area (Å²) in [4.78, 5) is 12.6. The third-order valence-electron chi connectivity index (χ3n) is 4.08. The Morgan fingerprint density at radius 3 is 2.73 bits per heavy atom. The fraction of sp³-hybridized carbons (Fsp3) is 0.150. The molecule has 0 spiro atoms. The van der Waals surface area contributed by atoms with Crippen molar-refractivity contribution in [1.29, 1.82) is 0 Å². The van der Waals surface area contributed by atoms with Crippen molar-refractivity contribution in [3.63, 3.8) is 0 Å². The first-order valence-corrected chi connectivity index (χ1v) is 8.37. The summed E-state index contributed by atoms with van der Waals surface area (Å²) >= 11 is 0. The Bertz CT molecular complexity index is 1000. The molecule has 6 nitrogen and oxygen atoms in total. The van der Waals surface area contributed by atoms with E-state index in [9.17, 15) is 5.11 Å². The van der Waals surface area contributed by atoms with Crippen molar-refractivity contribution in [1.82, 2.24) is 19.5 Å². The van der Waals surface area contributed by atoms with Crippen molar-refractivity contribution in [3.05, 3.63) is 73.4 Å². The lowest BCUT2D eigenvalue weighted by atomic mass is 10.1. The maximum atomic E-state index is 10.4. The van der Waals surface area contributed by atoms with Gasteiger partial charge < -0.3 is 14.4 Å². The highest BCUT2D eigenvalue weighted by Gasteiger charge is 2.12. The molecule has 0 aliphatic carbocycles. The Labute approximate surface area is 150 Å². The molecule has 6 heteroatoms. The molecule has 2 aromatic heterocycles. The molecule has 0 aliphatic rings. The van der Waals surface area contributed by atoms with Gasteiger partial charge in [-0.3, -0.25) is 4.98 Å². The number of hydrogen-bond donors (Lipinski definition) is 1. The first kappa shape index (κ1) is 16.2. The third-order valence-corrected chi connectivity index (χ3v) is 4.08. The monoisotopic (exact) mass is 346 g/mol. The summed E-state index contributed by atoms with van der Waals surface area (Å²) < 4.78 is 7.60. The average Bonchev–Trinajstić information content (AvgIpc) is 3.15. The van der Waals surface area contributed by atoms with Gasteiger partial charge in [-0.15, -0.1) is 0 Å². The van der Waals surface area contributed by atoms with E-state index in [1.807, 2.05) is 47.2 Å². The molecule has 0 aliphatic heterocycles. The van der Waals surface area contributed by atoms with Gasteiger partial charge in [-0.05, 0) is 22.9 Å². The number of benzene rings is 2. The predicted molar refractivity (Wildman–Crippen MR) is 98.7 cm³/mol. The fourth-order valence-electron chi connectivity index (χ4n) is 2.83. The molecule has 0 saturated heterocycles. The number of fused-ring (bicyclic) bond motifs is 1. The van der Waals surface area contributed by atoms with Gasteiger partial charge in [-0.1, -0.05) is 30.3 Å². The molecule has 130 valence electrons. The molecular formula is C20H18N4O2. The van der Waals surface area contributed by atoms with Gasteiger partial charge in [0.1, 0.15) is 24.2 Å². The number of ether oxygens (including phenoxy) is 1. The smallest absolute Gasteiger partial charge is 0.160 e. The summed E-state index contributed by atoms with van der Waals surface area (Å²) in [5, 5.41) is 12.6. The Morgan fingerprint density at radius 2 is 1.88 bits per heavy atom. The lowest BCUT2D eigenvalue weighted by Crippen LogP contribution is -2.23. The van der Waals surface area contributed by atoms with Crippen molar-refractivity contribution in [2.45, 2.75) is 12.6 Å². The molecule has 1 atom stereocenters. The summed E-state index contributed by atoms with van der Waals surface area (Å²) in [6.45, 7) is 0.552. The molecule has 4 rings (SSSR count). The van der Waals surface area contributed by atoms with E-state index in [1.54, 1.807) is 24.8 Å². The molecular weight excluding hydrogens is 328 g/mol. The van der Waals surface area contributed by atoms with Crippen LogP contribution in [0.2, 0.25) is 0 Å². The van der Waals surface area contributed by atoms with Crippen LogP contribution in [0.25, 0.3) is 22.3 Å². The van der Waals surface area contributed by atoms with Gasteiger partial charge in [-0.2, -0.15) is 0 Å². The molecule has 2 aromatic carbocycles. The lowest BCUT2D eigenvalue weighted by molar-refractivity contribution is 0.0929. The molecule has 0 fully saturated rings. The van der Waals surface area contributed by atoms with Crippen molar-refractivity contribution < 1.29 is 9.84 Å². The van der Waals surface area contributed by atoms with Gasteiger partial charge in [0.15, 0.2) is 5.82 Å². The zero-order chi connectivity index (χ0) is 17.8. The summed E-state index contributed by atoms with van der Waals surface area (Å²) in [5.74, 6) is 1.41. The zero-order valence-electron chi connectivity index (χ0n) is 14.1. The van der Waals surface area contributed by atoms with Crippen LogP contribution < -0.4 is 4.74 Å². The van der Waals surface area contributed by atoms with E-state index < -0.39 is 6.10 Å². The van der Waals surface area contributed by atoms with Crippen LogP contribution in [0.1, 0.15) is 0 Å². The number of nitrogens with zero attached hydrogens (tertiary/aromatic N) is 4. The highest BCUT2D eigenvalue weighted by atomic mass is 16.5. The number of aliphatic hydroxyl groups is 1. The molecule has 0 radical (unpaired) electrons. The van der Waals surface area contributed by atoms with Crippen LogP contribution in [0.3, 0.4) is 0 Å². The summed E-state index contributed by atoms with van der Waals surface area (Å²) in [7, 11) is 0. The molecule has 2 heterocycles. The first-order valence-electron chi connectivity index (χ1n) is 8.37. The Kier molecular flexibility index (Phi) is 4.57. The van der Waals surface area contributed by atoms with Crippen LogP contribution in [-0.2, 0) is 6.54 Å². The summed E-state index contributed by atoms with van der Waals surface area (Å²) in [5.41, 5.74) is 0.667. The third kappa shape index (κ3) is 3.55. The largest absolute Gasteiger partial charge is 0.491 e. The van der Waals surface area contributed by atoms with E-state index in [2.05, 4.69) is 21.0 Å². The van der Waals surface area contributed by atoms with Gasteiger partial charge in [0.2, 0.25) is 0 Å². The average molecular weight is 346 g/mol. The van der Waals surface area contributed by atoms with E-state index in [-0.39, 0.29) is 6.61 Å². The van der Waals surface area contributed by atoms with Gasteiger partial charge in [-0.25, -0.2) is 9.97 Å². The van der Waals surface area contributed by atoms with E-state index in [1.165, 1.54) is 0 Å². The van der Waals surface area contributed by atoms with Gasteiger partial charge in [0.25, 0.3) is 0 Å². The summed E-state index contributed by atoms with van der Waals surface area (Å²) in [6, 6.07) is 14.0. The maximum absolute atomic E-state index is 10.4. The van der Waals surface area contributed by atoms with Crippen LogP contribution >= 0.6 is 0 Å². The maximum Gasteiger partial charge on any atom is 0.160 e. The van der Waals surface area contributed by atoms with Crippen molar-refractivity contribution >= 4 is 10.8 Å². The van der Waals surface area contributed by atoms with E-state index in [0.29, 0.717) is 18.1 Å². The molecule has 0 bridgehead atoms. The predicted octanol–water partition coefficient (Wildman–Crippen LogP) is 2.93. The minimum Gasteiger partial charge on any atom is -0.491 e.